The first kappa shape index (κ1) is 28.0. The summed E-state index contributed by atoms with van der Waals surface area (Å²) in [6.45, 7) is 0.932. The fourth-order valence-electron chi connectivity index (χ4n) is 3.71. The van der Waals surface area contributed by atoms with Crippen molar-refractivity contribution in [2.24, 2.45) is 0 Å². The molecule has 0 unspecified atom stereocenters. The average molecular weight is 569 g/mol. The van der Waals surface area contributed by atoms with Crippen molar-refractivity contribution < 1.29 is 36.5 Å². The van der Waals surface area contributed by atoms with E-state index in [1.54, 1.807) is 24.3 Å². The van der Waals surface area contributed by atoms with Crippen LogP contribution in [0.3, 0.4) is 0 Å². The van der Waals surface area contributed by atoms with Gasteiger partial charge in [0.1, 0.15) is 23.0 Å². The van der Waals surface area contributed by atoms with E-state index >= 15 is 0 Å². The predicted molar refractivity (Wildman–Crippen MR) is 145 cm³/mol. The number of rotatable bonds is 12. The van der Waals surface area contributed by atoms with Gasteiger partial charge in [-0.05, 0) is 116 Å². The maximum atomic E-state index is 12.7. The maximum absolute atomic E-state index is 12.7. The lowest BCUT2D eigenvalue weighted by Gasteiger charge is -2.09. The number of hydrogen-bond acceptors (Lipinski definition) is 8. The Morgan fingerprint density at radius 3 is 1.03 bits per heavy atom. The van der Waals surface area contributed by atoms with E-state index in [4.69, 9.17) is 9.47 Å². The summed E-state index contributed by atoms with van der Waals surface area (Å²) in [7, 11) is -7.35. The van der Waals surface area contributed by atoms with E-state index < -0.39 is 19.7 Å². The van der Waals surface area contributed by atoms with Gasteiger partial charge in [-0.1, -0.05) is 0 Å². The molecular weight excluding hydrogens is 540 g/mol. The summed E-state index contributed by atoms with van der Waals surface area (Å²) < 4.78 is 62.1. The van der Waals surface area contributed by atoms with Crippen LogP contribution in [-0.2, 0) is 19.7 Å². The maximum Gasteiger partial charge on any atom is 0.206 e. The molecule has 0 saturated carbocycles. The minimum absolute atomic E-state index is 0.00118. The van der Waals surface area contributed by atoms with Crippen molar-refractivity contribution in [1.29, 1.82) is 0 Å². The summed E-state index contributed by atoms with van der Waals surface area (Å²) in [5.74, 6) is 1.13. The summed E-state index contributed by atoms with van der Waals surface area (Å²) in [5.41, 5.74) is 0. The smallest absolute Gasteiger partial charge is 0.206 e. The number of sulfone groups is 2. The van der Waals surface area contributed by atoms with Crippen molar-refractivity contribution in [2.75, 3.05) is 13.2 Å². The molecule has 0 atom stereocenters. The third-order valence-corrected chi connectivity index (χ3v) is 9.46. The molecule has 0 heterocycles. The molecule has 4 aromatic rings. The number of phenols is 2. The minimum Gasteiger partial charge on any atom is -0.508 e. The quantitative estimate of drug-likeness (QED) is 0.218. The van der Waals surface area contributed by atoms with Crippen LogP contribution in [0.1, 0.15) is 19.3 Å². The first-order valence-corrected chi connectivity index (χ1v) is 15.2. The van der Waals surface area contributed by atoms with E-state index in [2.05, 4.69) is 0 Å². The second-order valence-corrected chi connectivity index (χ2v) is 12.6. The topological polar surface area (TPSA) is 127 Å². The van der Waals surface area contributed by atoms with Gasteiger partial charge < -0.3 is 19.7 Å². The van der Waals surface area contributed by atoms with E-state index in [1.165, 1.54) is 72.8 Å². The van der Waals surface area contributed by atoms with Crippen molar-refractivity contribution >= 4 is 19.7 Å². The van der Waals surface area contributed by atoms with Gasteiger partial charge >= 0.3 is 0 Å². The van der Waals surface area contributed by atoms with Gasteiger partial charge in [-0.15, -0.1) is 0 Å². The molecule has 0 aliphatic carbocycles. The van der Waals surface area contributed by atoms with Crippen LogP contribution < -0.4 is 9.47 Å². The van der Waals surface area contributed by atoms with Crippen LogP contribution >= 0.6 is 0 Å². The Bertz CT molecular complexity index is 1460. The third kappa shape index (κ3) is 7.10. The highest BCUT2D eigenvalue weighted by Crippen LogP contribution is 2.26. The van der Waals surface area contributed by atoms with E-state index in [0.717, 1.165) is 19.3 Å². The second-order valence-electron chi connectivity index (χ2n) is 8.70. The van der Waals surface area contributed by atoms with E-state index in [0.29, 0.717) is 24.7 Å². The number of benzene rings is 4. The van der Waals surface area contributed by atoms with Crippen molar-refractivity contribution in [3.8, 4) is 23.0 Å². The van der Waals surface area contributed by atoms with Gasteiger partial charge in [0.15, 0.2) is 0 Å². The number of aromatic hydroxyl groups is 2. The summed E-state index contributed by atoms with van der Waals surface area (Å²) in [6.07, 6.45) is 2.40. The molecule has 8 nitrogen and oxygen atoms in total. The van der Waals surface area contributed by atoms with Crippen LogP contribution in [0.25, 0.3) is 0 Å². The molecule has 4 rings (SSSR count). The molecule has 10 heteroatoms. The zero-order valence-corrected chi connectivity index (χ0v) is 22.6. The van der Waals surface area contributed by atoms with Crippen molar-refractivity contribution in [2.45, 2.75) is 38.8 Å². The average Bonchev–Trinajstić information content (AvgIpc) is 2.93. The lowest BCUT2D eigenvalue weighted by Crippen LogP contribution is -2.03. The summed E-state index contributed by atoms with van der Waals surface area (Å²) in [5, 5.41) is 18.7. The van der Waals surface area contributed by atoms with Crippen LogP contribution in [0.4, 0.5) is 0 Å². The largest absolute Gasteiger partial charge is 0.508 e. The highest BCUT2D eigenvalue weighted by atomic mass is 32.2. The Labute approximate surface area is 227 Å². The molecular formula is C29H28O8S2. The molecule has 204 valence electrons. The molecule has 0 aliphatic heterocycles. The Balaban J connectivity index is 1.17. The molecule has 4 aromatic carbocycles. The fourth-order valence-corrected chi connectivity index (χ4v) is 6.24. The van der Waals surface area contributed by atoms with Crippen LogP contribution in [0.2, 0.25) is 0 Å². The molecule has 2 N–H and O–H groups in total. The molecule has 0 amide bonds. The standard InChI is InChI=1S/C29H28O8S2/c30-22-4-12-26(13-5-22)38(32,33)28-16-8-24(9-17-28)36-20-2-1-3-21-37-25-10-18-29(19-11-25)39(34,35)27-14-6-23(31)7-15-27/h4-19,30-31H,1-3,20-21H2. The Morgan fingerprint density at radius 2 is 0.718 bits per heavy atom. The van der Waals surface area contributed by atoms with Gasteiger partial charge in [-0.25, -0.2) is 16.8 Å². The van der Waals surface area contributed by atoms with Gasteiger partial charge in [-0.3, -0.25) is 0 Å². The van der Waals surface area contributed by atoms with Crippen molar-refractivity contribution in [3.05, 3.63) is 97.1 Å². The molecule has 0 radical (unpaired) electrons. The second kappa shape index (κ2) is 12.2. The summed E-state index contributed by atoms with van der Waals surface area (Å²) in [6, 6.07) is 23.2. The van der Waals surface area contributed by atoms with Crippen molar-refractivity contribution in [3.63, 3.8) is 0 Å². The van der Waals surface area contributed by atoms with Gasteiger partial charge in [0.05, 0.1) is 32.8 Å². The number of ether oxygens (including phenoxy) is 2. The Kier molecular flexibility index (Phi) is 8.78. The SMILES string of the molecule is O=S(=O)(c1ccc(O)cc1)c1ccc(OCCCCCOc2ccc(S(=O)(=O)c3ccc(O)cc3)cc2)cc1. The monoisotopic (exact) mass is 568 g/mol. The number of hydrogen-bond donors (Lipinski definition) is 2. The van der Waals surface area contributed by atoms with Gasteiger partial charge in [0, 0.05) is 0 Å². The third-order valence-electron chi connectivity index (χ3n) is 5.89. The van der Waals surface area contributed by atoms with Gasteiger partial charge in [0.25, 0.3) is 0 Å². The van der Waals surface area contributed by atoms with Crippen LogP contribution in [-0.4, -0.2) is 40.3 Å². The van der Waals surface area contributed by atoms with E-state index in [9.17, 15) is 27.0 Å². The Hall–Kier alpha value is -4.02. The lowest BCUT2D eigenvalue weighted by atomic mass is 10.2. The van der Waals surface area contributed by atoms with Crippen molar-refractivity contribution in [1.82, 2.24) is 0 Å². The zero-order valence-electron chi connectivity index (χ0n) is 20.9. The predicted octanol–water partition coefficient (Wildman–Crippen LogP) is 5.39. The van der Waals surface area contributed by atoms with Gasteiger partial charge in [-0.2, -0.15) is 0 Å². The first-order valence-electron chi connectivity index (χ1n) is 12.2. The first-order chi connectivity index (χ1) is 18.7. The molecule has 0 saturated heterocycles. The highest BCUT2D eigenvalue weighted by molar-refractivity contribution is 7.91. The number of unbranched alkanes of at least 4 members (excludes halogenated alkanes) is 2. The minimum atomic E-state index is -3.67. The summed E-state index contributed by atoms with van der Waals surface area (Å²) >= 11 is 0. The fraction of sp³-hybridized carbons (Fsp3) is 0.172. The lowest BCUT2D eigenvalue weighted by molar-refractivity contribution is 0.279. The molecule has 39 heavy (non-hydrogen) atoms. The Morgan fingerprint density at radius 1 is 0.436 bits per heavy atom. The number of phenolic OH excluding ortho intramolecular Hbond substituents is 2. The highest BCUT2D eigenvalue weighted by Gasteiger charge is 2.18. The molecule has 0 spiro atoms. The summed E-state index contributed by atoms with van der Waals surface area (Å²) in [4.78, 5) is 0.491. The molecule has 0 bridgehead atoms. The van der Waals surface area contributed by atoms with Gasteiger partial charge in [0.2, 0.25) is 19.7 Å². The van der Waals surface area contributed by atoms with E-state index in [-0.39, 0.29) is 31.1 Å². The van der Waals surface area contributed by atoms with Crippen LogP contribution in [0, 0.1) is 0 Å². The van der Waals surface area contributed by atoms with Crippen LogP contribution in [0.15, 0.2) is 117 Å². The molecule has 0 fully saturated rings. The van der Waals surface area contributed by atoms with E-state index in [1.807, 2.05) is 0 Å². The zero-order chi connectivity index (χ0) is 27.9. The van der Waals surface area contributed by atoms with Crippen LogP contribution in [0.5, 0.6) is 23.0 Å². The molecule has 0 aromatic heterocycles. The normalized spacial score (nSPS) is 11.7. The molecule has 0 aliphatic rings.